The van der Waals surface area contributed by atoms with Crippen LogP contribution < -0.4 is 0 Å². The van der Waals surface area contributed by atoms with Crippen molar-refractivity contribution in [3.8, 4) is 0 Å². The summed E-state index contributed by atoms with van der Waals surface area (Å²) >= 11 is 0. The van der Waals surface area contributed by atoms with Gasteiger partial charge >= 0.3 is 0 Å². The number of methoxy groups -OCH3 is 1. The Hall–Kier alpha value is -2.04. The lowest BCUT2D eigenvalue weighted by Crippen LogP contribution is -1.91. The highest BCUT2D eigenvalue weighted by molar-refractivity contribution is 5.61. The molecule has 74 valence electrons. The van der Waals surface area contributed by atoms with Gasteiger partial charge in [-0.05, 0) is 0 Å². The maximum Gasteiger partial charge on any atom is 0.270 e. The number of aliphatic hydroxyl groups excluding tert-OH is 1. The summed E-state index contributed by atoms with van der Waals surface area (Å²) in [5.41, 5.74) is 0.420. The maximum absolute atomic E-state index is 10.4. The van der Waals surface area contributed by atoms with E-state index in [9.17, 15) is 10.1 Å². The molecule has 0 saturated carbocycles. The fourth-order valence-electron chi connectivity index (χ4n) is 1.02. The van der Waals surface area contributed by atoms with E-state index in [0.29, 0.717) is 5.56 Å². The monoisotopic (exact) mass is 195 g/mol. The molecular weight excluding hydrogens is 186 g/mol. The fraction of sp³-hybridized carbons (Fsp3) is 0.111. The van der Waals surface area contributed by atoms with Crippen molar-refractivity contribution < 1.29 is 14.8 Å². The molecule has 0 aromatic heterocycles. The summed E-state index contributed by atoms with van der Waals surface area (Å²) in [6.07, 6.45) is 0.763. The number of ether oxygens (including phenoxy) is 1. The number of aliphatic hydroxyl groups is 1. The minimum Gasteiger partial charge on any atom is -0.512 e. The largest absolute Gasteiger partial charge is 0.512 e. The van der Waals surface area contributed by atoms with Crippen LogP contribution in [0.5, 0.6) is 0 Å². The first-order chi connectivity index (χ1) is 6.69. The third-order valence-electron chi connectivity index (χ3n) is 1.68. The average Bonchev–Trinajstić information content (AvgIpc) is 2.20. The molecule has 0 amide bonds. The Morgan fingerprint density at radius 2 is 2.36 bits per heavy atom. The van der Waals surface area contributed by atoms with Crippen LogP contribution in [0.4, 0.5) is 5.69 Å². The van der Waals surface area contributed by atoms with Gasteiger partial charge in [-0.2, -0.15) is 0 Å². The molecule has 14 heavy (non-hydrogen) atoms. The van der Waals surface area contributed by atoms with E-state index in [-0.39, 0.29) is 11.4 Å². The zero-order valence-corrected chi connectivity index (χ0v) is 7.51. The number of rotatable bonds is 3. The Morgan fingerprint density at radius 1 is 1.64 bits per heavy atom. The van der Waals surface area contributed by atoms with Gasteiger partial charge < -0.3 is 9.84 Å². The Bertz CT molecular complexity index is 373. The Morgan fingerprint density at radius 3 is 2.86 bits per heavy atom. The van der Waals surface area contributed by atoms with Crippen LogP contribution in [0, 0.1) is 10.1 Å². The minimum atomic E-state index is -0.506. The highest BCUT2D eigenvalue weighted by atomic mass is 16.6. The molecule has 0 spiro atoms. The molecule has 0 aliphatic rings. The molecule has 5 heteroatoms. The van der Waals surface area contributed by atoms with Crippen LogP contribution in [0.1, 0.15) is 5.56 Å². The van der Waals surface area contributed by atoms with E-state index in [4.69, 9.17) is 9.84 Å². The smallest absolute Gasteiger partial charge is 0.270 e. The molecule has 0 fully saturated rings. The molecule has 0 heterocycles. The summed E-state index contributed by atoms with van der Waals surface area (Å²) in [4.78, 5) is 9.93. The van der Waals surface area contributed by atoms with Gasteiger partial charge in [0.1, 0.15) is 6.26 Å². The zero-order valence-electron chi connectivity index (χ0n) is 7.51. The van der Waals surface area contributed by atoms with Gasteiger partial charge in [-0.25, -0.2) is 0 Å². The van der Waals surface area contributed by atoms with Crippen molar-refractivity contribution in [1.82, 2.24) is 0 Å². The number of hydrogen-bond acceptors (Lipinski definition) is 4. The molecule has 5 nitrogen and oxygen atoms in total. The fourth-order valence-corrected chi connectivity index (χ4v) is 1.02. The number of benzene rings is 1. The van der Waals surface area contributed by atoms with Crippen molar-refractivity contribution in [2.24, 2.45) is 0 Å². The van der Waals surface area contributed by atoms with Crippen LogP contribution in [0.25, 0.3) is 5.76 Å². The van der Waals surface area contributed by atoms with E-state index in [0.717, 1.165) is 6.26 Å². The topological polar surface area (TPSA) is 72.6 Å². The molecule has 1 aromatic rings. The van der Waals surface area contributed by atoms with E-state index >= 15 is 0 Å². The van der Waals surface area contributed by atoms with Gasteiger partial charge in [0.05, 0.1) is 12.0 Å². The summed E-state index contributed by atoms with van der Waals surface area (Å²) in [5, 5.41) is 19.2. The van der Waals surface area contributed by atoms with Crippen molar-refractivity contribution in [1.29, 1.82) is 0 Å². The highest BCUT2D eigenvalue weighted by Gasteiger charge is 2.08. The first-order valence-corrected chi connectivity index (χ1v) is 3.82. The first-order valence-electron chi connectivity index (χ1n) is 3.82. The molecule has 0 atom stereocenters. The van der Waals surface area contributed by atoms with Gasteiger partial charge in [0.25, 0.3) is 5.69 Å². The van der Waals surface area contributed by atoms with E-state index < -0.39 is 4.92 Å². The van der Waals surface area contributed by atoms with Crippen LogP contribution >= 0.6 is 0 Å². The molecule has 0 aliphatic carbocycles. The van der Waals surface area contributed by atoms with Gasteiger partial charge in [-0.3, -0.25) is 10.1 Å². The van der Waals surface area contributed by atoms with Crippen LogP contribution in [-0.2, 0) is 4.74 Å². The predicted molar refractivity (Wildman–Crippen MR) is 50.7 cm³/mol. The van der Waals surface area contributed by atoms with E-state index in [1.54, 1.807) is 6.07 Å². The van der Waals surface area contributed by atoms with Crippen molar-refractivity contribution in [2.75, 3.05) is 7.11 Å². The third kappa shape index (κ3) is 2.01. The molecule has 0 saturated heterocycles. The molecule has 0 unspecified atom stereocenters. The number of hydrogen-bond donors (Lipinski definition) is 1. The van der Waals surface area contributed by atoms with E-state index in [1.807, 2.05) is 0 Å². The van der Waals surface area contributed by atoms with Crippen LogP contribution in [0.2, 0.25) is 0 Å². The second kappa shape index (κ2) is 4.27. The molecule has 0 aliphatic heterocycles. The van der Waals surface area contributed by atoms with Gasteiger partial charge in [0, 0.05) is 17.7 Å². The second-order valence-electron chi connectivity index (χ2n) is 2.50. The second-order valence-corrected chi connectivity index (χ2v) is 2.50. The van der Waals surface area contributed by atoms with E-state index in [1.165, 1.54) is 25.3 Å². The summed E-state index contributed by atoms with van der Waals surface area (Å²) in [6, 6.07) is 5.83. The third-order valence-corrected chi connectivity index (χ3v) is 1.68. The van der Waals surface area contributed by atoms with Crippen molar-refractivity contribution in [3.05, 3.63) is 46.2 Å². The van der Waals surface area contributed by atoms with Gasteiger partial charge in [0.2, 0.25) is 0 Å². The zero-order chi connectivity index (χ0) is 10.6. The lowest BCUT2D eigenvalue weighted by Gasteiger charge is -2.03. The summed E-state index contributed by atoms with van der Waals surface area (Å²) in [5.74, 6) is 0.189. The quantitative estimate of drug-likeness (QED) is 0.455. The summed E-state index contributed by atoms with van der Waals surface area (Å²) in [7, 11) is 1.38. The van der Waals surface area contributed by atoms with Gasteiger partial charge in [-0.1, -0.05) is 12.1 Å². The van der Waals surface area contributed by atoms with Crippen LogP contribution in [-0.4, -0.2) is 17.1 Å². The number of nitro benzene ring substituents is 1. The summed E-state index contributed by atoms with van der Waals surface area (Å²) in [6.45, 7) is 0. The van der Waals surface area contributed by atoms with Crippen molar-refractivity contribution >= 4 is 11.4 Å². The number of nitrogens with zero attached hydrogens (tertiary/aromatic N) is 1. The molecule has 1 aromatic carbocycles. The molecule has 0 radical (unpaired) electrons. The normalized spacial score (nSPS) is 11.1. The maximum atomic E-state index is 10.4. The highest BCUT2D eigenvalue weighted by Crippen LogP contribution is 2.19. The predicted octanol–water partition coefficient (Wildman–Crippen LogP) is 2.10. The SMILES string of the molecule is COC(=CO)c1cccc([N+](=O)[O-])c1. The lowest BCUT2D eigenvalue weighted by atomic mass is 10.2. The molecule has 0 bridgehead atoms. The Labute approximate surface area is 80.4 Å². The number of nitro groups is 1. The first kappa shape index (κ1) is 10.0. The Balaban J connectivity index is 3.11. The molecule has 1 N–H and O–H groups in total. The lowest BCUT2D eigenvalue weighted by molar-refractivity contribution is -0.384. The summed E-state index contributed by atoms with van der Waals surface area (Å²) < 4.78 is 4.81. The van der Waals surface area contributed by atoms with Gasteiger partial charge in [0.15, 0.2) is 5.76 Å². The average molecular weight is 195 g/mol. The molecule has 1 rings (SSSR count). The number of non-ortho nitro benzene ring substituents is 1. The minimum absolute atomic E-state index is 0.0427. The van der Waals surface area contributed by atoms with Gasteiger partial charge in [-0.15, -0.1) is 0 Å². The Kier molecular flexibility index (Phi) is 3.06. The van der Waals surface area contributed by atoms with Crippen molar-refractivity contribution in [3.63, 3.8) is 0 Å². The van der Waals surface area contributed by atoms with Crippen LogP contribution in [0.3, 0.4) is 0 Å². The van der Waals surface area contributed by atoms with Crippen LogP contribution in [0.15, 0.2) is 30.5 Å². The molecular formula is C9H9NO4. The standard InChI is InChI=1S/C9H9NO4/c1-14-9(6-11)7-3-2-4-8(5-7)10(12)13/h2-6,11H,1H3. The van der Waals surface area contributed by atoms with Crippen molar-refractivity contribution in [2.45, 2.75) is 0 Å². The van der Waals surface area contributed by atoms with E-state index in [2.05, 4.69) is 0 Å².